The summed E-state index contributed by atoms with van der Waals surface area (Å²) in [5, 5.41) is 12.1. The van der Waals surface area contributed by atoms with Gasteiger partial charge in [0.25, 0.3) is 0 Å². The van der Waals surface area contributed by atoms with Gasteiger partial charge in [-0.15, -0.1) is 0 Å². The van der Waals surface area contributed by atoms with Crippen LogP contribution < -0.4 is 5.32 Å². The fourth-order valence-electron chi connectivity index (χ4n) is 3.25. The summed E-state index contributed by atoms with van der Waals surface area (Å²) >= 11 is 1.84. The number of carboxylic acids is 1. The molecule has 0 aromatic rings. The molecule has 5 nitrogen and oxygen atoms in total. The lowest BCUT2D eigenvalue weighted by molar-refractivity contribution is -0.141. The van der Waals surface area contributed by atoms with Gasteiger partial charge in [0.05, 0.1) is 0 Å². The number of nitrogens with one attached hydrogen (secondary N) is 1. The molecule has 114 valence electrons. The second-order valence-corrected chi connectivity index (χ2v) is 7.07. The highest BCUT2D eigenvalue weighted by molar-refractivity contribution is 8.00. The lowest BCUT2D eigenvalue weighted by Gasteiger charge is -2.36. The van der Waals surface area contributed by atoms with Crippen molar-refractivity contribution in [3.8, 4) is 0 Å². The summed E-state index contributed by atoms with van der Waals surface area (Å²) in [6, 6.07) is -0.861. The summed E-state index contributed by atoms with van der Waals surface area (Å²) in [7, 11) is 0. The molecule has 2 fully saturated rings. The maximum Gasteiger partial charge on any atom is 0.326 e. The first-order valence-corrected chi connectivity index (χ1v) is 8.63. The predicted molar refractivity (Wildman–Crippen MR) is 80.1 cm³/mol. The number of likely N-dealkylation sites (tertiary alicyclic amines) is 1. The van der Waals surface area contributed by atoms with Crippen molar-refractivity contribution in [2.45, 2.75) is 55.7 Å². The van der Waals surface area contributed by atoms with Crippen molar-refractivity contribution in [2.75, 3.05) is 19.3 Å². The van der Waals surface area contributed by atoms with Gasteiger partial charge in [-0.2, -0.15) is 11.8 Å². The van der Waals surface area contributed by atoms with Crippen molar-refractivity contribution in [2.24, 2.45) is 0 Å². The smallest absolute Gasteiger partial charge is 0.326 e. The van der Waals surface area contributed by atoms with Crippen LogP contribution in [0.25, 0.3) is 0 Å². The molecule has 0 aromatic carbocycles. The SMILES string of the molecule is CSC1(CNC(=O)N2CCC[C@H]2C(=O)O)CCCCC1. The number of aliphatic carboxylic acids is 1. The fourth-order valence-corrected chi connectivity index (χ4v) is 4.17. The van der Waals surface area contributed by atoms with Crippen LogP contribution >= 0.6 is 11.8 Å². The van der Waals surface area contributed by atoms with Crippen LogP contribution in [0.3, 0.4) is 0 Å². The van der Waals surface area contributed by atoms with Gasteiger partial charge in [0, 0.05) is 17.8 Å². The summed E-state index contributed by atoms with van der Waals surface area (Å²) < 4.78 is 0.145. The zero-order valence-corrected chi connectivity index (χ0v) is 12.9. The molecule has 2 amide bonds. The summed E-state index contributed by atoms with van der Waals surface area (Å²) in [6.45, 7) is 1.20. The summed E-state index contributed by atoms with van der Waals surface area (Å²) in [6.07, 6.45) is 9.44. The first-order valence-electron chi connectivity index (χ1n) is 7.40. The van der Waals surface area contributed by atoms with E-state index in [9.17, 15) is 9.59 Å². The molecule has 1 saturated carbocycles. The highest BCUT2D eigenvalue weighted by Crippen LogP contribution is 2.38. The Hall–Kier alpha value is -0.910. The first-order chi connectivity index (χ1) is 9.58. The minimum Gasteiger partial charge on any atom is -0.480 e. The van der Waals surface area contributed by atoms with Crippen LogP contribution in [0, 0.1) is 0 Å². The van der Waals surface area contributed by atoms with Gasteiger partial charge in [-0.05, 0) is 31.9 Å². The van der Waals surface area contributed by atoms with Crippen LogP contribution in [0.2, 0.25) is 0 Å². The van der Waals surface area contributed by atoms with Gasteiger partial charge in [0.1, 0.15) is 6.04 Å². The lowest BCUT2D eigenvalue weighted by atomic mass is 9.88. The normalized spacial score (nSPS) is 25.4. The number of carbonyl (C=O) groups excluding carboxylic acids is 1. The molecule has 0 aromatic heterocycles. The Kier molecular flexibility index (Phi) is 5.18. The molecule has 2 N–H and O–H groups in total. The minimum atomic E-state index is -0.894. The molecule has 0 unspecified atom stereocenters. The third-order valence-corrected chi connectivity index (χ3v) is 5.98. The Morgan fingerprint density at radius 3 is 2.60 bits per heavy atom. The van der Waals surface area contributed by atoms with E-state index in [2.05, 4.69) is 11.6 Å². The maximum absolute atomic E-state index is 12.2. The number of nitrogens with zero attached hydrogens (tertiary/aromatic N) is 1. The third kappa shape index (κ3) is 3.40. The molecule has 0 bridgehead atoms. The number of hydrogen-bond acceptors (Lipinski definition) is 3. The topological polar surface area (TPSA) is 69.6 Å². The molecule has 1 heterocycles. The van der Waals surface area contributed by atoms with Crippen LogP contribution in [-0.4, -0.2) is 52.1 Å². The van der Waals surface area contributed by atoms with Crippen molar-refractivity contribution in [1.29, 1.82) is 0 Å². The highest BCUT2D eigenvalue weighted by Gasteiger charge is 2.36. The lowest BCUT2D eigenvalue weighted by Crippen LogP contribution is -2.50. The largest absolute Gasteiger partial charge is 0.480 e. The van der Waals surface area contributed by atoms with E-state index in [-0.39, 0.29) is 10.8 Å². The molecule has 0 radical (unpaired) electrons. The van der Waals surface area contributed by atoms with Crippen LogP contribution in [-0.2, 0) is 4.79 Å². The maximum atomic E-state index is 12.2. The minimum absolute atomic E-state index is 0.145. The quantitative estimate of drug-likeness (QED) is 0.836. The number of amides is 2. The monoisotopic (exact) mass is 300 g/mol. The van der Waals surface area contributed by atoms with Gasteiger partial charge in [-0.1, -0.05) is 19.3 Å². The van der Waals surface area contributed by atoms with Crippen molar-refractivity contribution in [3.05, 3.63) is 0 Å². The van der Waals surface area contributed by atoms with Gasteiger partial charge < -0.3 is 15.3 Å². The number of hydrogen-bond donors (Lipinski definition) is 2. The summed E-state index contributed by atoms with van der Waals surface area (Å²) in [5.41, 5.74) is 0. The highest BCUT2D eigenvalue weighted by atomic mass is 32.2. The average Bonchev–Trinajstić information content (AvgIpc) is 2.95. The van der Waals surface area contributed by atoms with E-state index in [0.29, 0.717) is 19.5 Å². The zero-order chi connectivity index (χ0) is 14.6. The van der Waals surface area contributed by atoms with E-state index in [1.54, 1.807) is 0 Å². The molecular formula is C14H24N2O3S. The second-order valence-electron chi connectivity index (χ2n) is 5.80. The Balaban J connectivity index is 1.89. The third-order valence-electron chi connectivity index (χ3n) is 4.56. The molecule has 1 aliphatic carbocycles. The van der Waals surface area contributed by atoms with Gasteiger partial charge in [0.2, 0.25) is 0 Å². The molecule has 2 rings (SSSR count). The van der Waals surface area contributed by atoms with Crippen molar-refractivity contribution in [3.63, 3.8) is 0 Å². The second kappa shape index (κ2) is 6.70. The molecule has 1 aliphatic heterocycles. The first kappa shape index (κ1) is 15.5. The Morgan fingerprint density at radius 1 is 1.30 bits per heavy atom. The van der Waals surface area contributed by atoms with Crippen molar-refractivity contribution >= 4 is 23.8 Å². The predicted octanol–water partition coefficient (Wildman–Crippen LogP) is 2.31. The average molecular weight is 300 g/mol. The Labute approximate surface area is 124 Å². The Bertz CT molecular complexity index is 369. The van der Waals surface area contributed by atoms with Gasteiger partial charge in [-0.25, -0.2) is 9.59 Å². The molecule has 1 saturated heterocycles. The molecule has 0 spiro atoms. The van der Waals surface area contributed by atoms with Gasteiger partial charge in [-0.3, -0.25) is 0 Å². The standard InChI is InChI=1S/C14H24N2O3S/c1-20-14(7-3-2-4-8-14)10-15-13(19)16-9-5-6-11(16)12(17)18/h11H,2-10H2,1H3,(H,15,19)(H,17,18)/t11-/m0/s1. The summed E-state index contributed by atoms with van der Waals surface area (Å²) in [5.74, 6) is -0.894. The number of rotatable bonds is 4. The van der Waals surface area contributed by atoms with Gasteiger partial charge in [0.15, 0.2) is 0 Å². The van der Waals surface area contributed by atoms with Crippen LogP contribution in [0.1, 0.15) is 44.9 Å². The summed E-state index contributed by atoms with van der Waals surface area (Å²) in [4.78, 5) is 24.8. The van der Waals surface area contributed by atoms with Crippen LogP contribution in [0.4, 0.5) is 4.79 Å². The molecule has 6 heteroatoms. The number of carboxylic acid groups (broad SMARTS) is 1. The molecule has 2 aliphatic rings. The molecule has 1 atom stereocenters. The van der Waals surface area contributed by atoms with E-state index in [4.69, 9.17) is 5.11 Å². The molecular weight excluding hydrogens is 276 g/mol. The van der Waals surface area contributed by atoms with Crippen molar-refractivity contribution in [1.82, 2.24) is 10.2 Å². The molecule has 20 heavy (non-hydrogen) atoms. The van der Waals surface area contributed by atoms with Crippen molar-refractivity contribution < 1.29 is 14.7 Å². The zero-order valence-electron chi connectivity index (χ0n) is 12.1. The fraction of sp³-hybridized carbons (Fsp3) is 0.857. The van der Waals surface area contributed by atoms with Gasteiger partial charge >= 0.3 is 12.0 Å². The number of carbonyl (C=O) groups is 2. The van der Waals surface area contributed by atoms with Crippen LogP contribution in [0.15, 0.2) is 0 Å². The van der Waals surface area contributed by atoms with E-state index in [1.807, 2.05) is 11.8 Å². The van der Waals surface area contributed by atoms with E-state index >= 15 is 0 Å². The van der Waals surface area contributed by atoms with E-state index in [1.165, 1.54) is 24.2 Å². The van der Waals surface area contributed by atoms with Crippen LogP contribution in [0.5, 0.6) is 0 Å². The Morgan fingerprint density at radius 2 is 2.00 bits per heavy atom. The number of thioether (sulfide) groups is 1. The number of urea groups is 1. The van der Waals surface area contributed by atoms with E-state index < -0.39 is 12.0 Å². The van der Waals surface area contributed by atoms with E-state index in [0.717, 1.165) is 19.3 Å².